The summed E-state index contributed by atoms with van der Waals surface area (Å²) >= 11 is 0. The van der Waals surface area contributed by atoms with Crippen LogP contribution in [-0.2, 0) is 11.2 Å². The van der Waals surface area contributed by atoms with Crippen molar-refractivity contribution in [1.82, 2.24) is 0 Å². The molecule has 0 aliphatic rings. The van der Waals surface area contributed by atoms with Crippen LogP contribution in [0.25, 0.3) is 6.08 Å². The van der Waals surface area contributed by atoms with Gasteiger partial charge in [0.05, 0.1) is 0 Å². The van der Waals surface area contributed by atoms with Gasteiger partial charge in [-0.1, -0.05) is 49.8 Å². The molecule has 0 spiro atoms. The van der Waals surface area contributed by atoms with E-state index in [9.17, 15) is 4.79 Å². The predicted molar refractivity (Wildman–Crippen MR) is 60.2 cm³/mol. The van der Waals surface area contributed by atoms with Crippen molar-refractivity contribution in [2.75, 3.05) is 0 Å². The zero-order chi connectivity index (χ0) is 10.2. The zero-order valence-electron chi connectivity index (χ0n) is 8.57. The van der Waals surface area contributed by atoms with E-state index in [1.807, 2.05) is 12.2 Å². The van der Waals surface area contributed by atoms with Gasteiger partial charge in [-0.15, -0.1) is 0 Å². The normalized spacial score (nSPS) is 10.6. The average Bonchev–Trinajstić information content (AvgIpc) is 2.21. The molecule has 0 amide bonds. The lowest BCUT2D eigenvalue weighted by molar-refractivity contribution is -0.107. The van der Waals surface area contributed by atoms with Gasteiger partial charge in [0.25, 0.3) is 0 Å². The first-order chi connectivity index (χ1) is 6.86. The largest absolute Gasteiger partial charge is 0.303 e. The molecule has 1 aromatic carbocycles. The van der Waals surface area contributed by atoms with Crippen LogP contribution in [0.15, 0.2) is 30.3 Å². The quantitative estimate of drug-likeness (QED) is 0.648. The Labute approximate surface area is 85.5 Å². The highest BCUT2D eigenvalue weighted by molar-refractivity contribution is 5.57. The number of rotatable bonds is 5. The molecular formula is C13H16O. The molecule has 1 rings (SSSR count). The van der Waals surface area contributed by atoms with Gasteiger partial charge in [-0.2, -0.15) is 0 Å². The Hall–Kier alpha value is -1.37. The van der Waals surface area contributed by atoms with Crippen molar-refractivity contribution in [3.05, 3.63) is 41.5 Å². The third kappa shape index (κ3) is 3.56. The first-order valence-corrected chi connectivity index (χ1v) is 5.06. The number of aryl methyl sites for hydroxylation is 1. The number of aldehydes is 1. The molecule has 0 aliphatic heterocycles. The van der Waals surface area contributed by atoms with Crippen LogP contribution >= 0.6 is 0 Å². The lowest BCUT2D eigenvalue weighted by Gasteiger charge is -1.98. The number of carbonyl (C=O) groups is 1. The molecule has 1 heteroatoms. The summed E-state index contributed by atoms with van der Waals surface area (Å²) in [6.45, 7) is 2.18. The molecule has 0 atom stereocenters. The summed E-state index contributed by atoms with van der Waals surface area (Å²) in [5.74, 6) is 0. The van der Waals surface area contributed by atoms with Gasteiger partial charge in [0.1, 0.15) is 6.29 Å². The smallest absolute Gasteiger partial charge is 0.123 e. The molecule has 1 nitrogen and oxygen atoms in total. The molecule has 0 unspecified atom stereocenters. The Bertz CT molecular complexity index is 296. The van der Waals surface area contributed by atoms with Gasteiger partial charge in [-0.25, -0.2) is 0 Å². The average molecular weight is 188 g/mol. The lowest BCUT2D eigenvalue weighted by Crippen LogP contribution is -1.82. The van der Waals surface area contributed by atoms with Gasteiger partial charge in [0.15, 0.2) is 0 Å². The molecule has 74 valence electrons. The van der Waals surface area contributed by atoms with Crippen LogP contribution in [0.3, 0.4) is 0 Å². The molecule has 0 fully saturated rings. The van der Waals surface area contributed by atoms with Gasteiger partial charge in [-0.3, -0.25) is 0 Å². The van der Waals surface area contributed by atoms with Crippen LogP contribution in [-0.4, -0.2) is 6.29 Å². The minimum atomic E-state index is 0.497. The Balaban J connectivity index is 2.58. The molecular weight excluding hydrogens is 172 g/mol. The second-order valence-electron chi connectivity index (χ2n) is 3.30. The Morgan fingerprint density at radius 2 is 1.93 bits per heavy atom. The molecule has 0 heterocycles. The van der Waals surface area contributed by atoms with Gasteiger partial charge in [-0.05, 0) is 17.5 Å². The summed E-state index contributed by atoms with van der Waals surface area (Å²) in [6, 6.07) is 8.47. The summed E-state index contributed by atoms with van der Waals surface area (Å²) in [7, 11) is 0. The molecule has 0 aliphatic carbocycles. The van der Waals surface area contributed by atoms with Crippen molar-refractivity contribution in [3.63, 3.8) is 0 Å². The number of carbonyl (C=O) groups excluding carboxylic acids is 1. The fraction of sp³-hybridized carbons (Fsp3) is 0.308. The van der Waals surface area contributed by atoms with Crippen LogP contribution in [0.4, 0.5) is 0 Å². The molecule has 0 bridgehead atoms. The lowest BCUT2D eigenvalue weighted by atomic mass is 10.1. The summed E-state index contributed by atoms with van der Waals surface area (Å²) < 4.78 is 0. The number of allylic oxidation sites excluding steroid dienone is 1. The van der Waals surface area contributed by atoms with Crippen LogP contribution in [0.5, 0.6) is 0 Å². The van der Waals surface area contributed by atoms with Crippen molar-refractivity contribution >= 4 is 12.4 Å². The van der Waals surface area contributed by atoms with Crippen molar-refractivity contribution in [1.29, 1.82) is 0 Å². The van der Waals surface area contributed by atoms with Gasteiger partial charge in [0.2, 0.25) is 0 Å². The van der Waals surface area contributed by atoms with E-state index in [0.717, 1.165) is 18.3 Å². The molecule has 0 N–H and O–H groups in total. The van der Waals surface area contributed by atoms with Crippen LogP contribution in [0, 0.1) is 0 Å². The van der Waals surface area contributed by atoms with Crippen LogP contribution in [0.2, 0.25) is 0 Å². The van der Waals surface area contributed by atoms with Crippen LogP contribution in [0.1, 0.15) is 30.9 Å². The van der Waals surface area contributed by atoms with E-state index in [0.29, 0.717) is 6.42 Å². The second-order valence-corrected chi connectivity index (χ2v) is 3.30. The second kappa shape index (κ2) is 6.14. The van der Waals surface area contributed by atoms with Crippen molar-refractivity contribution in [3.8, 4) is 0 Å². The number of benzene rings is 1. The third-order valence-corrected chi connectivity index (χ3v) is 2.06. The summed E-state index contributed by atoms with van der Waals surface area (Å²) in [5, 5.41) is 0. The van der Waals surface area contributed by atoms with E-state index in [1.54, 1.807) is 0 Å². The molecule has 14 heavy (non-hydrogen) atoms. The molecule has 0 saturated carbocycles. The van der Waals surface area contributed by atoms with E-state index in [2.05, 4.69) is 31.2 Å². The highest BCUT2D eigenvalue weighted by Gasteiger charge is 1.90. The summed E-state index contributed by atoms with van der Waals surface area (Å²) in [6.07, 6.45) is 7.57. The maximum atomic E-state index is 10.1. The number of hydrogen-bond acceptors (Lipinski definition) is 1. The maximum Gasteiger partial charge on any atom is 0.123 e. The van der Waals surface area contributed by atoms with E-state index in [4.69, 9.17) is 0 Å². The van der Waals surface area contributed by atoms with Crippen molar-refractivity contribution in [2.24, 2.45) is 0 Å². The third-order valence-electron chi connectivity index (χ3n) is 2.06. The Morgan fingerprint density at radius 3 is 2.50 bits per heavy atom. The predicted octanol–water partition coefficient (Wildman–Crippen LogP) is 3.24. The topological polar surface area (TPSA) is 17.1 Å². The molecule has 0 radical (unpaired) electrons. The van der Waals surface area contributed by atoms with E-state index in [-0.39, 0.29) is 0 Å². The fourth-order valence-electron chi connectivity index (χ4n) is 1.34. The highest BCUT2D eigenvalue weighted by atomic mass is 16.1. The van der Waals surface area contributed by atoms with Gasteiger partial charge >= 0.3 is 0 Å². The SMILES string of the molecule is CCCc1ccc(C=CCC=O)cc1. The molecule has 0 saturated heterocycles. The summed E-state index contributed by atoms with van der Waals surface area (Å²) in [4.78, 5) is 10.1. The molecule has 0 aromatic heterocycles. The van der Waals surface area contributed by atoms with Crippen LogP contribution < -0.4 is 0 Å². The Morgan fingerprint density at radius 1 is 1.21 bits per heavy atom. The first-order valence-electron chi connectivity index (χ1n) is 5.06. The Kier molecular flexibility index (Phi) is 4.70. The minimum Gasteiger partial charge on any atom is -0.303 e. The molecule has 1 aromatic rings. The first kappa shape index (κ1) is 10.7. The van der Waals surface area contributed by atoms with Gasteiger partial charge in [0, 0.05) is 6.42 Å². The standard InChI is InChI=1S/C13H16O/c1-2-5-12-7-9-13(10-8-12)6-3-4-11-14/h3,6-11H,2,4-5H2,1H3. The van der Waals surface area contributed by atoms with E-state index in [1.165, 1.54) is 12.0 Å². The van der Waals surface area contributed by atoms with Crippen molar-refractivity contribution < 1.29 is 4.79 Å². The minimum absolute atomic E-state index is 0.497. The van der Waals surface area contributed by atoms with Crippen molar-refractivity contribution in [2.45, 2.75) is 26.2 Å². The fourth-order valence-corrected chi connectivity index (χ4v) is 1.34. The zero-order valence-corrected chi connectivity index (χ0v) is 8.57. The maximum absolute atomic E-state index is 10.1. The van der Waals surface area contributed by atoms with E-state index < -0.39 is 0 Å². The number of hydrogen-bond donors (Lipinski definition) is 0. The summed E-state index contributed by atoms with van der Waals surface area (Å²) in [5.41, 5.74) is 2.53. The van der Waals surface area contributed by atoms with E-state index >= 15 is 0 Å². The highest BCUT2D eigenvalue weighted by Crippen LogP contribution is 2.08. The van der Waals surface area contributed by atoms with Gasteiger partial charge < -0.3 is 4.79 Å². The monoisotopic (exact) mass is 188 g/mol.